The van der Waals surface area contributed by atoms with Crippen LogP contribution in [-0.4, -0.2) is 45.2 Å². The fourth-order valence-electron chi connectivity index (χ4n) is 2.76. The van der Waals surface area contributed by atoms with Crippen LogP contribution in [-0.2, 0) is 10.0 Å². The third-order valence-electron chi connectivity index (χ3n) is 4.25. The lowest BCUT2D eigenvalue weighted by Crippen LogP contribution is -2.19. The van der Waals surface area contributed by atoms with Gasteiger partial charge >= 0.3 is 6.03 Å². The first kappa shape index (κ1) is 23.6. The van der Waals surface area contributed by atoms with Crippen molar-refractivity contribution in [2.24, 2.45) is 0 Å². The van der Waals surface area contributed by atoms with Gasteiger partial charge in [-0.3, -0.25) is 4.72 Å². The Bertz CT molecular complexity index is 1200. The molecule has 0 radical (unpaired) electrons. The zero-order valence-electron chi connectivity index (χ0n) is 18.2. The van der Waals surface area contributed by atoms with Gasteiger partial charge in [-0.1, -0.05) is 0 Å². The number of benzene rings is 2. The van der Waals surface area contributed by atoms with E-state index in [1.165, 1.54) is 38.5 Å². The molecule has 0 fully saturated rings. The Morgan fingerprint density at radius 3 is 2.06 bits per heavy atom. The third-order valence-corrected chi connectivity index (χ3v) is 5.60. The SMILES string of the molecule is CCOc1ccc(NC(=O)Nc2ccc(S(=O)(=O)Nc3ncnc(OC)c3OC)cc2)cc1. The summed E-state index contributed by atoms with van der Waals surface area (Å²) in [5.74, 6) is 0.768. The molecule has 1 aromatic heterocycles. The lowest BCUT2D eigenvalue weighted by Gasteiger charge is -2.13. The van der Waals surface area contributed by atoms with Crippen LogP contribution in [0.1, 0.15) is 6.92 Å². The van der Waals surface area contributed by atoms with E-state index in [0.717, 1.165) is 6.33 Å². The molecule has 0 unspecified atom stereocenters. The largest absolute Gasteiger partial charge is 0.494 e. The number of methoxy groups -OCH3 is 2. The smallest absolute Gasteiger partial charge is 0.323 e. The van der Waals surface area contributed by atoms with Gasteiger partial charge in [0.2, 0.25) is 5.75 Å². The second kappa shape index (κ2) is 10.5. The molecule has 3 N–H and O–H groups in total. The van der Waals surface area contributed by atoms with Crippen LogP contribution in [0.4, 0.5) is 22.0 Å². The number of carbonyl (C=O) groups is 1. The molecule has 0 saturated carbocycles. The Morgan fingerprint density at radius 1 is 0.909 bits per heavy atom. The molecular weight excluding hydrogens is 450 g/mol. The van der Waals surface area contributed by atoms with Crippen molar-refractivity contribution in [2.45, 2.75) is 11.8 Å². The van der Waals surface area contributed by atoms with Crippen LogP contribution in [0.15, 0.2) is 59.8 Å². The summed E-state index contributed by atoms with van der Waals surface area (Å²) in [4.78, 5) is 19.9. The highest BCUT2D eigenvalue weighted by Crippen LogP contribution is 2.32. The molecule has 3 rings (SSSR count). The minimum Gasteiger partial charge on any atom is -0.494 e. The number of carbonyl (C=O) groups excluding carboxylic acids is 1. The Kier molecular flexibility index (Phi) is 7.51. The topological polar surface area (TPSA) is 141 Å². The number of ether oxygens (including phenoxy) is 3. The summed E-state index contributed by atoms with van der Waals surface area (Å²) < 4.78 is 43.4. The predicted octanol–water partition coefficient (Wildman–Crippen LogP) is 3.34. The van der Waals surface area contributed by atoms with E-state index in [1.54, 1.807) is 24.3 Å². The van der Waals surface area contributed by atoms with E-state index < -0.39 is 16.1 Å². The van der Waals surface area contributed by atoms with Crippen molar-refractivity contribution in [2.75, 3.05) is 36.2 Å². The highest BCUT2D eigenvalue weighted by atomic mass is 32.2. The number of hydrogen-bond donors (Lipinski definition) is 3. The number of aromatic nitrogens is 2. The maximum Gasteiger partial charge on any atom is 0.323 e. The molecule has 0 atom stereocenters. The molecule has 0 saturated heterocycles. The highest BCUT2D eigenvalue weighted by Gasteiger charge is 2.20. The Balaban J connectivity index is 1.66. The first-order valence-corrected chi connectivity index (χ1v) is 11.2. The van der Waals surface area contributed by atoms with E-state index in [2.05, 4.69) is 25.3 Å². The van der Waals surface area contributed by atoms with Crippen LogP contribution in [0.2, 0.25) is 0 Å². The van der Waals surface area contributed by atoms with Gasteiger partial charge in [0.05, 0.1) is 25.7 Å². The molecule has 2 amide bonds. The van der Waals surface area contributed by atoms with E-state index in [4.69, 9.17) is 14.2 Å². The molecule has 12 heteroatoms. The van der Waals surface area contributed by atoms with Crippen LogP contribution in [0.25, 0.3) is 0 Å². The van der Waals surface area contributed by atoms with E-state index in [0.29, 0.717) is 23.7 Å². The van der Waals surface area contributed by atoms with E-state index in [-0.39, 0.29) is 22.3 Å². The third kappa shape index (κ3) is 6.01. The van der Waals surface area contributed by atoms with Gasteiger partial charge in [0.1, 0.15) is 12.1 Å². The molecular formula is C21H23N5O6S. The molecule has 0 bridgehead atoms. The van der Waals surface area contributed by atoms with Gasteiger partial charge in [-0.25, -0.2) is 18.2 Å². The van der Waals surface area contributed by atoms with Gasteiger partial charge < -0.3 is 24.8 Å². The molecule has 11 nitrogen and oxygen atoms in total. The van der Waals surface area contributed by atoms with Gasteiger partial charge in [0, 0.05) is 11.4 Å². The number of anilines is 3. The molecule has 2 aromatic carbocycles. The summed E-state index contributed by atoms with van der Waals surface area (Å²) in [6, 6.07) is 12.0. The first-order valence-electron chi connectivity index (χ1n) is 9.73. The molecule has 33 heavy (non-hydrogen) atoms. The average Bonchev–Trinajstić information content (AvgIpc) is 2.80. The summed E-state index contributed by atoms with van der Waals surface area (Å²) in [7, 11) is -1.27. The average molecular weight is 474 g/mol. The van der Waals surface area contributed by atoms with Gasteiger partial charge in [-0.15, -0.1) is 0 Å². The summed E-state index contributed by atoms with van der Waals surface area (Å²) in [5.41, 5.74) is 0.979. The van der Waals surface area contributed by atoms with Crippen molar-refractivity contribution in [3.8, 4) is 17.4 Å². The zero-order chi connectivity index (χ0) is 23.8. The maximum absolute atomic E-state index is 12.7. The van der Waals surface area contributed by atoms with Crippen LogP contribution in [0.3, 0.4) is 0 Å². The minimum atomic E-state index is -3.99. The van der Waals surface area contributed by atoms with Crippen molar-refractivity contribution in [3.63, 3.8) is 0 Å². The number of rotatable bonds is 9. The van der Waals surface area contributed by atoms with Gasteiger partial charge in [0.25, 0.3) is 15.9 Å². The number of hydrogen-bond acceptors (Lipinski definition) is 8. The quantitative estimate of drug-likeness (QED) is 0.430. The van der Waals surface area contributed by atoms with Crippen molar-refractivity contribution < 1.29 is 27.4 Å². The Hall–Kier alpha value is -4.06. The van der Waals surface area contributed by atoms with Crippen molar-refractivity contribution in [1.82, 2.24) is 9.97 Å². The standard InChI is InChI=1S/C21H23N5O6S/c1-4-32-16-9-5-14(6-10-16)24-21(27)25-15-7-11-17(12-8-15)33(28,29)26-19-18(30-2)20(31-3)23-13-22-19/h5-13H,4H2,1-3H3,(H,22,23,26)(H2,24,25,27). The summed E-state index contributed by atoms with van der Waals surface area (Å²) in [6.45, 7) is 2.44. The van der Waals surface area contributed by atoms with Crippen molar-refractivity contribution in [1.29, 1.82) is 0 Å². The molecule has 0 spiro atoms. The van der Waals surface area contributed by atoms with E-state index in [9.17, 15) is 13.2 Å². The van der Waals surface area contributed by atoms with Gasteiger partial charge in [-0.2, -0.15) is 4.98 Å². The fraction of sp³-hybridized carbons (Fsp3) is 0.190. The lowest BCUT2D eigenvalue weighted by atomic mass is 10.3. The maximum atomic E-state index is 12.7. The Morgan fingerprint density at radius 2 is 1.52 bits per heavy atom. The first-order chi connectivity index (χ1) is 15.9. The lowest BCUT2D eigenvalue weighted by molar-refractivity contribution is 0.262. The monoisotopic (exact) mass is 473 g/mol. The predicted molar refractivity (Wildman–Crippen MR) is 123 cm³/mol. The highest BCUT2D eigenvalue weighted by molar-refractivity contribution is 7.92. The molecule has 0 aliphatic rings. The number of urea groups is 1. The van der Waals surface area contributed by atoms with Gasteiger partial charge in [0.15, 0.2) is 5.82 Å². The summed E-state index contributed by atoms with van der Waals surface area (Å²) in [6.07, 6.45) is 1.15. The molecule has 3 aromatic rings. The second-order valence-electron chi connectivity index (χ2n) is 6.43. The molecule has 0 aliphatic heterocycles. The fourth-order valence-corrected chi connectivity index (χ4v) is 3.77. The summed E-state index contributed by atoms with van der Waals surface area (Å²) in [5, 5.41) is 5.32. The van der Waals surface area contributed by atoms with Crippen LogP contribution in [0, 0.1) is 0 Å². The number of nitrogens with zero attached hydrogens (tertiary/aromatic N) is 2. The molecule has 174 valence electrons. The van der Waals surface area contributed by atoms with Crippen molar-refractivity contribution in [3.05, 3.63) is 54.9 Å². The number of nitrogens with one attached hydrogen (secondary N) is 3. The molecule has 1 heterocycles. The van der Waals surface area contributed by atoms with Crippen molar-refractivity contribution >= 4 is 33.2 Å². The number of sulfonamides is 1. The number of amides is 2. The van der Waals surface area contributed by atoms with E-state index in [1.807, 2.05) is 6.92 Å². The Labute approximate surface area is 191 Å². The second-order valence-corrected chi connectivity index (χ2v) is 8.11. The zero-order valence-corrected chi connectivity index (χ0v) is 19.0. The normalized spacial score (nSPS) is 10.8. The van der Waals surface area contributed by atoms with Gasteiger partial charge in [-0.05, 0) is 55.5 Å². The van der Waals surface area contributed by atoms with Crippen LogP contribution >= 0.6 is 0 Å². The van der Waals surface area contributed by atoms with Crippen LogP contribution in [0.5, 0.6) is 17.4 Å². The minimum absolute atomic E-state index is 0.0420. The summed E-state index contributed by atoms with van der Waals surface area (Å²) >= 11 is 0. The van der Waals surface area contributed by atoms with E-state index >= 15 is 0 Å². The van der Waals surface area contributed by atoms with Crippen LogP contribution < -0.4 is 29.6 Å². The molecule has 0 aliphatic carbocycles.